The van der Waals surface area contributed by atoms with E-state index in [1.165, 1.54) is 19.1 Å². The van der Waals surface area contributed by atoms with E-state index in [1.54, 1.807) is 0 Å². The number of hydrogen-bond acceptors (Lipinski definition) is 4. The monoisotopic (exact) mass is 282 g/mol. The number of aliphatic hydroxyl groups excluding tert-OH is 2. The van der Waals surface area contributed by atoms with Gasteiger partial charge in [-0.15, -0.1) is 0 Å². The molecule has 1 rings (SSSR count). The molecule has 0 saturated heterocycles. The van der Waals surface area contributed by atoms with Crippen LogP contribution in [0.2, 0.25) is 0 Å². The van der Waals surface area contributed by atoms with Crippen LogP contribution in [0.5, 0.6) is 0 Å². The van der Waals surface area contributed by atoms with Crippen molar-refractivity contribution < 1.29 is 30.0 Å². The third kappa shape index (κ3) is 3.79. The van der Waals surface area contributed by atoms with Gasteiger partial charge in [0.25, 0.3) is 0 Å². The fraction of sp³-hybridized carbons (Fsp3) is 0.429. The summed E-state index contributed by atoms with van der Waals surface area (Å²) >= 11 is 0. The number of unbranched alkanes of at least 4 members (excludes halogenated alkanes) is 1. The Kier molecular flexibility index (Phi) is 5.66. The van der Waals surface area contributed by atoms with Gasteiger partial charge in [-0.2, -0.15) is 0 Å². The molecule has 1 aromatic carbocycles. The number of carboxylic acids is 2. The highest BCUT2D eigenvalue weighted by Crippen LogP contribution is 2.25. The second-order valence-electron chi connectivity index (χ2n) is 4.59. The Bertz CT molecular complexity index is 473. The lowest BCUT2D eigenvalue weighted by molar-refractivity contribution is 0.0695. The van der Waals surface area contributed by atoms with E-state index in [2.05, 4.69) is 0 Å². The summed E-state index contributed by atoms with van der Waals surface area (Å²) in [5.41, 5.74) is 0.182. The molecule has 0 saturated carbocycles. The largest absolute Gasteiger partial charge is 0.478 e. The van der Waals surface area contributed by atoms with Crippen molar-refractivity contribution in [3.8, 4) is 0 Å². The molecule has 0 amide bonds. The Morgan fingerprint density at radius 2 is 1.60 bits per heavy atom. The van der Waals surface area contributed by atoms with Gasteiger partial charge in [0.2, 0.25) is 0 Å². The van der Waals surface area contributed by atoms with Crippen molar-refractivity contribution in [3.63, 3.8) is 0 Å². The molecule has 1 atom stereocenters. The van der Waals surface area contributed by atoms with Crippen molar-refractivity contribution >= 4 is 11.9 Å². The van der Waals surface area contributed by atoms with Gasteiger partial charge in [-0.3, -0.25) is 0 Å². The molecule has 0 radical (unpaired) electrons. The zero-order chi connectivity index (χ0) is 15.3. The van der Waals surface area contributed by atoms with Crippen LogP contribution in [-0.4, -0.2) is 39.0 Å². The molecule has 0 aromatic heterocycles. The summed E-state index contributed by atoms with van der Waals surface area (Å²) < 4.78 is 0. The first kappa shape index (κ1) is 16.1. The normalized spacial score (nSPS) is 12.2. The van der Waals surface area contributed by atoms with E-state index in [-0.39, 0.29) is 28.9 Å². The van der Waals surface area contributed by atoms with Crippen molar-refractivity contribution in [1.29, 1.82) is 0 Å². The number of rotatable bonds is 7. The predicted molar refractivity (Wildman–Crippen MR) is 71.0 cm³/mol. The van der Waals surface area contributed by atoms with Crippen LogP contribution < -0.4 is 0 Å². The van der Waals surface area contributed by atoms with E-state index in [1.807, 2.05) is 0 Å². The van der Waals surface area contributed by atoms with E-state index in [0.717, 1.165) is 0 Å². The minimum absolute atomic E-state index is 0.0152. The van der Waals surface area contributed by atoms with Crippen LogP contribution in [-0.2, 0) is 0 Å². The lowest BCUT2D eigenvalue weighted by Gasteiger charge is -2.14. The summed E-state index contributed by atoms with van der Waals surface area (Å²) in [7, 11) is 0. The van der Waals surface area contributed by atoms with Crippen LogP contribution in [0.1, 0.15) is 57.2 Å². The van der Waals surface area contributed by atoms with E-state index < -0.39 is 18.0 Å². The molecule has 110 valence electrons. The maximum Gasteiger partial charge on any atom is 0.335 e. The fourth-order valence-electron chi connectivity index (χ4n) is 1.99. The Hall–Kier alpha value is -1.92. The molecule has 0 aliphatic carbocycles. The highest BCUT2D eigenvalue weighted by Gasteiger charge is 2.19. The summed E-state index contributed by atoms with van der Waals surface area (Å²) in [4.78, 5) is 22.2. The first-order valence-electron chi connectivity index (χ1n) is 6.28. The van der Waals surface area contributed by atoms with Gasteiger partial charge in [-0.1, -0.05) is 0 Å². The van der Waals surface area contributed by atoms with Gasteiger partial charge < -0.3 is 20.4 Å². The second kappa shape index (κ2) is 7.02. The number of aromatic carboxylic acids is 2. The van der Waals surface area contributed by atoms with Gasteiger partial charge >= 0.3 is 11.9 Å². The van der Waals surface area contributed by atoms with Crippen LogP contribution in [0.3, 0.4) is 0 Å². The van der Waals surface area contributed by atoms with Gasteiger partial charge in [0.1, 0.15) is 0 Å². The van der Waals surface area contributed by atoms with Crippen LogP contribution in [0.15, 0.2) is 12.1 Å². The third-order valence-electron chi connectivity index (χ3n) is 3.16. The quantitative estimate of drug-likeness (QED) is 0.564. The second-order valence-corrected chi connectivity index (χ2v) is 4.59. The summed E-state index contributed by atoms with van der Waals surface area (Å²) in [5.74, 6) is -2.45. The van der Waals surface area contributed by atoms with E-state index >= 15 is 0 Å². The molecule has 6 nitrogen and oxygen atoms in total. The van der Waals surface area contributed by atoms with Crippen molar-refractivity contribution in [3.05, 3.63) is 34.4 Å². The Morgan fingerprint density at radius 3 is 2.00 bits per heavy atom. The summed E-state index contributed by atoms with van der Waals surface area (Å²) in [6, 6.07) is 2.60. The summed E-state index contributed by atoms with van der Waals surface area (Å²) in [6.07, 6.45) is 0.483. The molecular formula is C14H18O6. The van der Waals surface area contributed by atoms with E-state index in [0.29, 0.717) is 19.3 Å². The third-order valence-corrected chi connectivity index (χ3v) is 3.16. The van der Waals surface area contributed by atoms with Crippen molar-refractivity contribution in [1.82, 2.24) is 0 Å². The van der Waals surface area contributed by atoms with Crippen LogP contribution in [0.4, 0.5) is 0 Å². The summed E-state index contributed by atoms with van der Waals surface area (Å²) in [5, 5.41) is 36.8. The lowest BCUT2D eigenvalue weighted by Crippen LogP contribution is -2.10. The molecule has 0 heterocycles. The summed E-state index contributed by atoms with van der Waals surface area (Å²) in [6.45, 7) is 1.44. The highest BCUT2D eigenvalue weighted by molar-refractivity contribution is 5.96. The Labute approximate surface area is 116 Å². The molecule has 20 heavy (non-hydrogen) atoms. The number of carbonyl (C=O) groups is 2. The lowest BCUT2D eigenvalue weighted by atomic mass is 9.94. The van der Waals surface area contributed by atoms with Crippen molar-refractivity contribution in [2.75, 3.05) is 6.61 Å². The smallest absolute Gasteiger partial charge is 0.335 e. The average Bonchev–Trinajstić information content (AvgIpc) is 2.38. The predicted octanol–water partition coefficient (Wildman–Crippen LogP) is 1.59. The van der Waals surface area contributed by atoms with Crippen LogP contribution in [0.25, 0.3) is 0 Å². The topological polar surface area (TPSA) is 115 Å². The molecule has 1 unspecified atom stereocenters. The first-order valence-corrected chi connectivity index (χ1v) is 6.28. The zero-order valence-electron chi connectivity index (χ0n) is 11.2. The fourth-order valence-corrected chi connectivity index (χ4v) is 1.99. The van der Waals surface area contributed by atoms with Crippen LogP contribution in [0, 0.1) is 6.92 Å². The van der Waals surface area contributed by atoms with Crippen molar-refractivity contribution in [2.24, 2.45) is 0 Å². The SMILES string of the molecule is Cc1c(C(=O)O)cc(C(O)CCCCO)cc1C(=O)O. The average molecular weight is 282 g/mol. The molecule has 0 fully saturated rings. The number of carboxylic acid groups (broad SMARTS) is 2. The standard InChI is InChI=1S/C14H18O6/c1-8-10(13(17)18)6-9(7-11(8)14(19)20)12(16)4-2-3-5-15/h6-7,12,15-16H,2-5H2,1H3,(H,17,18)(H,19,20). The Balaban J connectivity index is 3.13. The van der Waals surface area contributed by atoms with Gasteiger partial charge in [-0.05, 0) is 49.4 Å². The maximum absolute atomic E-state index is 11.1. The van der Waals surface area contributed by atoms with Gasteiger partial charge in [-0.25, -0.2) is 9.59 Å². The molecule has 0 bridgehead atoms. The van der Waals surface area contributed by atoms with Gasteiger partial charge in [0.05, 0.1) is 17.2 Å². The molecule has 0 spiro atoms. The van der Waals surface area contributed by atoms with Gasteiger partial charge in [0.15, 0.2) is 0 Å². The van der Waals surface area contributed by atoms with Crippen molar-refractivity contribution in [2.45, 2.75) is 32.3 Å². The molecule has 0 aliphatic heterocycles. The maximum atomic E-state index is 11.1. The van der Waals surface area contributed by atoms with Gasteiger partial charge in [0, 0.05) is 6.61 Å². The van der Waals surface area contributed by atoms with E-state index in [9.17, 15) is 14.7 Å². The molecule has 0 aliphatic rings. The Morgan fingerprint density at radius 1 is 1.10 bits per heavy atom. The molecular weight excluding hydrogens is 264 g/mol. The first-order chi connectivity index (χ1) is 9.38. The minimum atomic E-state index is -1.23. The molecule has 6 heteroatoms. The molecule has 1 aromatic rings. The van der Waals surface area contributed by atoms with E-state index in [4.69, 9.17) is 15.3 Å². The zero-order valence-corrected chi connectivity index (χ0v) is 11.2. The number of benzene rings is 1. The number of aliphatic hydroxyl groups is 2. The minimum Gasteiger partial charge on any atom is -0.478 e. The molecule has 4 N–H and O–H groups in total. The highest BCUT2D eigenvalue weighted by atomic mass is 16.4. The number of hydrogen-bond donors (Lipinski definition) is 4. The van der Waals surface area contributed by atoms with Crippen LogP contribution >= 0.6 is 0 Å².